The SMILES string of the molecule is C[C@@H]1CN(C(=O)C2(C)CCNCC2)C[C@H]1C(=O)O. The highest BCUT2D eigenvalue weighted by atomic mass is 16.4. The molecule has 18 heavy (non-hydrogen) atoms. The number of carbonyl (C=O) groups is 2. The van der Waals surface area contributed by atoms with Crippen molar-refractivity contribution in [3.05, 3.63) is 0 Å². The molecular formula is C13H22N2O3. The second-order valence-corrected chi connectivity index (χ2v) is 5.94. The fourth-order valence-electron chi connectivity index (χ4n) is 3.03. The lowest BCUT2D eigenvalue weighted by molar-refractivity contribution is -0.144. The van der Waals surface area contributed by atoms with Crippen LogP contribution in [0.25, 0.3) is 0 Å². The minimum absolute atomic E-state index is 0.0526. The Hall–Kier alpha value is -1.10. The van der Waals surface area contributed by atoms with Gasteiger partial charge in [-0.1, -0.05) is 13.8 Å². The lowest BCUT2D eigenvalue weighted by Crippen LogP contribution is -2.47. The number of carboxylic acid groups (broad SMARTS) is 1. The molecule has 1 amide bonds. The lowest BCUT2D eigenvalue weighted by atomic mass is 9.79. The summed E-state index contributed by atoms with van der Waals surface area (Å²) in [5.74, 6) is -0.996. The van der Waals surface area contributed by atoms with Gasteiger partial charge in [0.05, 0.1) is 5.92 Å². The van der Waals surface area contributed by atoms with Crippen LogP contribution >= 0.6 is 0 Å². The molecule has 0 spiro atoms. The Morgan fingerprint density at radius 1 is 1.28 bits per heavy atom. The first-order chi connectivity index (χ1) is 8.44. The molecule has 0 saturated carbocycles. The van der Waals surface area contributed by atoms with Crippen LogP contribution in [-0.4, -0.2) is 48.1 Å². The number of hydrogen-bond acceptors (Lipinski definition) is 3. The van der Waals surface area contributed by atoms with E-state index in [1.807, 2.05) is 13.8 Å². The van der Waals surface area contributed by atoms with Gasteiger partial charge in [0, 0.05) is 18.5 Å². The number of nitrogens with zero attached hydrogens (tertiary/aromatic N) is 1. The monoisotopic (exact) mass is 254 g/mol. The van der Waals surface area contributed by atoms with Crippen LogP contribution in [0.2, 0.25) is 0 Å². The van der Waals surface area contributed by atoms with E-state index < -0.39 is 11.9 Å². The maximum absolute atomic E-state index is 12.5. The highest BCUT2D eigenvalue weighted by Crippen LogP contribution is 2.33. The van der Waals surface area contributed by atoms with Gasteiger partial charge in [-0.05, 0) is 31.8 Å². The number of carbonyl (C=O) groups excluding carboxylic acids is 1. The molecule has 2 fully saturated rings. The summed E-state index contributed by atoms with van der Waals surface area (Å²) in [6, 6.07) is 0. The first-order valence-corrected chi connectivity index (χ1v) is 6.67. The molecule has 0 bridgehead atoms. The molecule has 0 aromatic rings. The first-order valence-electron chi connectivity index (χ1n) is 6.67. The van der Waals surface area contributed by atoms with Crippen molar-refractivity contribution in [1.82, 2.24) is 10.2 Å². The molecule has 0 aromatic carbocycles. The van der Waals surface area contributed by atoms with E-state index in [2.05, 4.69) is 5.32 Å². The molecule has 5 nitrogen and oxygen atoms in total. The van der Waals surface area contributed by atoms with Crippen LogP contribution in [0.15, 0.2) is 0 Å². The third-order valence-corrected chi connectivity index (χ3v) is 4.44. The van der Waals surface area contributed by atoms with Crippen LogP contribution < -0.4 is 5.32 Å². The Morgan fingerprint density at radius 2 is 1.89 bits per heavy atom. The fourth-order valence-corrected chi connectivity index (χ4v) is 3.03. The summed E-state index contributed by atoms with van der Waals surface area (Å²) in [6.45, 7) is 6.62. The first kappa shape index (κ1) is 13.3. The quantitative estimate of drug-likeness (QED) is 0.755. The highest BCUT2D eigenvalue weighted by Gasteiger charge is 2.43. The summed E-state index contributed by atoms with van der Waals surface area (Å²) < 4.78 is 0. The Balaban J connectivity index is 2.04. The molecule has 2 N–H and O–H groups in total. The number of aliphatic carboxylic acids is 1. The molecule has 5 heteroatoms. The minimum atomic E-state index is -0.784. The number of amides is 1. The molecule has 0 aliphatic carbocycles. The van der Waals surface area contributed by atoms with Crippen molar-refractivity contribution in [2.75, 3.05) is 26.2 Å². The summed E-state index contributed by atoms with van der Waals surface area (Å²) >= 11 is 0. The molecular weight excluding hydrogens is 232 g/mol. The Kier molecular flexibility index (Phi) is 3.61. The van der Waals surface area contributed by atoms with Gasteiger partial charge in [-0.25, -0.2) is 0 Å². The number of rotatable bonds is 2. The predicted octanol–water partition coefficient (Wildman–Crippen LogP) is 0.555. The highest BCUT2D eigenvalue weighted by molar-refractivity contribution is 5.84. The van der Waals surface area contributed by atoms with Gasteiger partial charge in [0.15, 0.2) is 0 Å². The smallest absolute Gasteiger partial charge is 0.308 e. The van der Waals surface area contributed by atoms with Crippen molar-refractivity contribution in [3.63, 3.8) is 0 Å². The normalized spacial score (nSPS) is 31.3. The van der Waals surface area contributed by atoms with Gasteiger partial charge in [0.2, 0.25) is 5.91 Å². The minimum Gasteiger partial charge on any atom is -0.481 e. The van der Waals surface area contributed by atoms with Crippen LogP contribution in [-0.2, 0) is 9.59 Å². The number of nitrogens with one attached hydrogen (secondary N) is 1. The molecule has 2 saturated heterocycles. The second-order valence-electron chi connectivity index (χ2n) is 5.94. The molecule has 0 unspecified atom stereocenters. The maximum atomic E-state index is 12.5. The zero-order valence-electron chi connectivity index (χ0n) is 11.1. The zero-order chi connectivity index (χ0) is 13.3. The van der Waals surface area contributed by atoms with Crippen molar-refractivity contribution >= 4 is 11.9 Å². The van der Waals surface area contributed by atoms with Gasteiger partial charge in [0.1, 0.15) is 0 Å². The number of likely N-dealkylation sites (tertiary alicyclic amines) is 1. The Labute approximate surface area is 108 Å². The standard InChI is InChI=1S/C13H22N2O3/c1-9-7-15(8-10(9)11(16)17)12(18)13(2)3-5-14-6-4-13/h9-10,14H,3-8H2,1-2H3,(H,16,17)/t9-,10-/m1/s1. The summed E-state index contributed by atoms with van der Waals surface area (Å²) in [5, 5.41) is 12.4. The van der Waals surface area contributed by atoms with Crippen LogP contribution in [0, 0.1) is 17.3 Å². The van der Waals surface area contributed by atoms with Crippen LogP contribution in [0.3, 0.4) is 0 Å². The summed E-state index contributed by atoms with van der Waals surface area (Å²) in [5.41, 5.74) is -0.307. The van der Waals surface area contributed by atoms with Crippen molar-refractivity contribution in [2.45, 2.75) is 26.7 Å². The van der Waals surface area contributed by atoms with Crippen molar-refractivity contribution in [2.24, 2.45) is 17.3 Å². The Bertz CT molecular complexity index is 350. The molecule has 0 aromatic heterocycles. The molecule has 2 aliphatic rings. The van der Waals surface area contributed by atoms with Gasteiger partial charge < -0.3 is 15.3 Å². The Morgan fingerprint density at radius 3 is 2.39 bits per heavy atom. The van der Waals surface area contributed by atoms with Crippen LogP contribution in [0.1, 0.15) is 26.7 Å². The average molecular weight is 254 g/mol. The number of hydrogen-bond donors (Lipinski definition) is 2. The lowest BCUT2D eigenvalue weighted by Gasteiger charge is -2.36. The van der Waals surface area contributed by atoms with Gasteiger partial charge in [-0.2, -0.15) is 0 Å². The second kappa shape index (κ2) is 4.88. The van der Waals surface area contributed by atoms with Gasteiger partial charge in [0.25, 0.3) is 0 Å². The van der Waals surface area contributed by atoms with Gasteiger partial charge in [-0.3, -0.25) is 9.59 Å². The van der Waals surface area contributed by atoms with E-state index in [0.29, 0.717) is 13.1 Å². The third kappa shape index (κ3) is 2.36. The van der Waals surface area contributed by atoms with Gasteiger partial charge in [-0.15, -0.1) is 0 Å². The molecule has 0 radical (unpaired) electrons. The van der Waals surface area contributed by atoms with E-state index in [0.717, 1.165) is 25.9 Å². The summed E-state index contributed by atoms with van der Waals surface area (Å²) in [7, 11) is 0. The van der Waals surface area contributed by atoms with E-state index >= 15 is 0 Å². The topological polar surface area (TPSA) is 69.6 Å². The maximum Gasteiger partial charge on any atom is 0.308 e. The van der Waals surface area contributed by atoms with E-state index in [-0.39, 0.29) is 17.2 Å². The average Bonchev–Trinajstić information content (AvgIpc) is 2.71. The third-order valence-electron chi connectivity index (χ3n) is 4.44. The molecule has 2 rings (SSSR count). The molecule has 102 valence electrons. The summed E-state index contributed by atoms with van der Waals surface area (Å²) in [4.78, 5) is 25.4. The summed E-state index contributed by atoms with van der Waals surface area (Å²) in [6.07, 6.45) is 1.68. The number of piperidine rings is 1. The fraction of sp³-hybridized carbons (Fsp3) is 0.846. The van der Waals surface area contributed by atoms with E-state index in [4.69, 9.17) is 5.11 Å². The van der Waals surface area contributed by atoms with Crippen molar-refractivity contribution in [3.8, 4) is 0 Å². The zero-order valence-corrected chi connectivity index (χ0v) is 11.1. The molecule has 2 heterocycles. The largest absolute Gasteiger partial charge is 0.481 e. The van der Waals surface area contributed by atoms with Crippen molar-refractivity contribution in [1.29, 1.82) is 0 Å². The van der Waals surface area contributed by atoms with Gasteiger partial charge >= 0.3 is 5.97 Å². The van der Waals surface area contributed by atoms with E-state index in [9.17, 15) is 9.59 Å². The number of carboxylic acids is 1. The van der Waals surface area contributed by atoms with E-state index in [1.54, 1.807) is 4.90 Å². The van der Waals surface area contributed by atoms with Crippen LogP contribution in [0.4, 0.5) is 0 Å². The molecule has 2 atom stereocenters. The predicted molar refractivity (Wildman–Crippen MR) is 67.1 cm³/mol. The molecule has 2 aliphatic heterocycles. The van der Waals surface area contributed by atoms with Crippen LogP contribution in [0.5, 0.6) is 0 Å². The van der Waals surface area contributed by atoms with E-state index in [1.165, 1.54) is 0 Å². The van der Waals surface area contributed by atoms with Crippen molar-refractivity contribution < 1.29 is 14.7 Å².